The predicted molar refractivity (Wildman–Crippen MR) is 148 cm³/mol. The Hall–Kier alpha value is -4.16. The molecule has 0 spiro atoms. The number of benzene rings is 1. The molecule has 2 aromatic rings. The Morgan fingerprint density at radius 3 is 2.60 bits per heavy atom. The summed E-state index contributed by atoms with van der Waals surface area (Å²) in [5.41, 5.74) is 7.65. The van der Waals surface area contributed by atoms with Crippen molar-refractivity contribution in [3.8, 4) is 6.01 Å². The number of rotatable bonds is 11. The van der Waals surface area contributed by atoms with Crippen molar-refractivity contribution in [1.29, 1.82) is 0 Å². The van der Waals surface area contributed by atoms with E-state index in [9.17, 15) is 19.7 Å². The second-order valence-electron chi connectivity index (χ2n) is 10.4. The van der Waals surface area contributed by atoms with Gasteiger partial charge in [0.25, 0.3) is 0 Å². The Kier molecular flexibility index (Phi) is 10.1. The summed E-state index contributed by atoms with van der Waals surface area (Å²) in [7, 11) is 0. The maximum Gasteiger partial charge on any atom is 0.410 e. The van der Waals surface area contributed by atoms with E-state index in [-0.39, 0.29) is 43.4 Å². The molecule has 2 heterocycles. The molecule has 0 radical (unpaired) electrons. The number of nitrogens with two attached hydrogens (primary N) is 1. The van der Waals surface area contributed by atoms with Crippen molar-refractivity contribution in [2.75, 3.05) is 36.9 Å². The third-order valence-electron chi connectivity index (χ3n) is 6.02. The molecule has 0 atom stereocenters. The van der Waals surface area contributed by atoms with E-state index in [1.165, 1.54) is 4.90 Å². The highest BCUT2D eigenvalue weighted by Gasteiger charge is 2.30. The molecule has 0 aliphatic carbocycles. The number of carbonyl (C=O) groups excluding carboxylic acids is 2. The molecule has 218 valence electrons. The van der Waals surface area contributed by atoms with E-state index in [2.05, 4.69) is 9.97 Å². The van der Waals surface area contributed by atoms with Gasteiger partial charge in [-0.15, -0.1) is 0 Å². The highest BCUT2D eigenvalue weighted by molar-refractivity contribution is 5.78. The number of fused-ring (bicyclic) bond motifs is 1. The monoisotopic (exact) mass is 558 g/mol. The summed E-state index contributed by atoms with van der Waals surface area (Å²) in [6.45, 7) is 10.3. The van der Waals surface area contributed by atoms with E-state index in [1.54, 1.807) is 11.8 Å². The number of ether oxygens (including phenoxy) is 3. The Balaban J connectivity index is 1.91. The number of nitrogens with zero attached hydrogens (tertiary/aromatic N) is 5. The molecular weight excluding hydrogens is 520 g/mol. The molecule has 13 heteroatoms. The highest BCUT2D eigenvalue weighted by atomic mass is 16.6. The van der Waals surface area contributed by atoms with Crippen molar-refractivity contribution >= 4 is 29.4 Å². The van der Waals surface area contributed by atoms with Crippen molar-refractivity contribution in [3.63, 3.8) is 0 Å². The van der Waals surface area contributed by atoms with E-state index in [0.717, 1.165) is 29.5 Å². The van der Waals surface area contributed by atoms with Crippen molar-refractivity contribution in [2.24, 2.45) is 0 Å². The van der Waals surface area contributed by atoms with Crippen molar-refractivity contribution in [1.82, 2.24) is 14.9 Å². The molecule has 0 saturated heterocycles. The molecule has 1 aromatic carbocycles. The number of nitrogen functional groups attached to an aromatic ring is 1. The zero-order valence-electron chi connectivity index (χ0n) is 23.8. The Bertz CT molecular complexity index is 1230. The average Bonchev–Trinajstić information content (AvgIpc) is 2.86. The SMILES string of the molecule is CCCCOc1nc(N)c([N+](=O)[O-])c(N(CC(=O)OCC)Cc2ccc3c(c2)CCN(C(=O)OC(C)(C)C)C3)n1. The topological polar surface area (TPSA) is 163 Å². The zero-order chi connectivity index (χ0) is 29.4. The van der Waals surface area contributed by atoms with Crippen LogP contribution in [0.2, 0.25) is 0 Å². The van der Waals surface area contributed by atoms with Crippen LogP contribution in [-0.4, -0.2) is 63.8 Å². The fourth-order valence-electron chi connectivity index (χ4n) is 4.18. The largest absolute Gasteiger partial charge is 0.465 e. The van der Waals surface area contributed by atoms with Crippen LogP contribution in [0.1, 0.15) is 64.2 Å². The van der Waals surface area contributed by atoms with Gasteiger partial charge in [0.1, 0.15) is 12.1 Å². The first-order valence-electron chi connectivity index (χ1n) is 13.4. The molecule has 40 heavy (non-hydrogen) atoms. The lowest BCUT2D eigenvalue weighted by atomic mass is 9.97. The molecule has 13 nitrogen and oxygen atoms in total. The number of anilines is 2. The summed E-state index contributed by atoms with van der Waals surface area (Å²) in [6, 6.07) is 5.62. The van der Waals surface area contributed by atoms with Crippen LogP contribution in [0.5, 0.6) is 6.01 Å². The molecule has 1 amide bonds. The van der Waals surface area contributed by atoms with E-state index in [4.69, 9.17) is 19.9 Å². The number of nitro groups is 1. The van der Waals surface area contributed by atoms with Gasteiger partial charge in [-0.3, -0.25) is 14.9 Å². The maximum atomic E-state index is 12.5. The molecule has 0 fully saturated rings. The van der Waals surface area contributed by atoms with E-state index in [0.29, 0.717) is 26.1 Å². The molecule has 0 unspecified atom stereocenters. The average molecular weight is 559 g/mol. The third-order valence-corrected chi connectivity index (χ3v) is 6.02. The van der Waals surface area contributed by atoms with Crippen LogP contribution in [-0.2, 0) is 33.8 Å². The van der Waals surface area contributed by atoms with Crippen molar-refractivity contribution in [2.45, 2.75) is 72.6 Å². The van der Waals surface area contributed by atoms with Gasteiger partial charge in [0.2, 0.25) is 11.6 Å². The van der Waals surface area contributed by atoms with Crippen LogP contribution in [0.25, 0.3) is 0 Å². The standard InChI is InChI=1S/C27H38N6O7/c1-6-8-13-39-25-29-23(28)22(33(36)37)24(30-25)32(17-21(34)38-7-2)15-18-9-10-20-16-31(12-11-19(20)14-18)26(35)40-27(3,4)5/h9-10,14H,6-8,11-13,15-17H2,1-5H3,(H2,28,29,30). The minimum absolute atomic E-state index is 0.104. The first-order valence-corrected chi connectivity index (χ1v) is 13.4. The molecule has 1 aromatic heterocycles. The van der Waals surface area contributed by atoms with Crippen LogP contribution >= 0.6 is 0 Å². The van der Waals surface area contributed by atoms with E-state index >= 15 is 0 Å². The number of carbonyl (C=O) groups is 2. The Labute approximate surface area is 233 Å². The second kappa shape index (κ2) is 13.3. The number of aromatic nitrogens is 2. The molecule has 3 rings (SSSR count). The third kappa shape index (κ3) is 8.17. The number of unbranched alkanes of at least 4 members (excludes halogenated alkanes) is 1. The normalized spacial score (nSPS) is 12.9. The van der Waals surface area contributed by atoms with Gasteiger partial charge in [-0.25, -0.2) is 4.79 Å². The van der Waals surface area contributed by atoms with Crippen LogP contribution in [0.4, 0.5) is 22.1 Å². The van der Waals surface area contributed by atoms with Crippen LogP contribution in [0.3, 0.4) is 0 Å². The molecule has 1 aliphatic rings. The summed E-state index contributed by atoms with van der Waals surface area (Å²) in [6.07, 6.45) is 1.85. The fourth-order valence-corrected chi connectivity index (χ4v) is 4.18. The first kappa shape index (κ1) is 30.4. The Morgan fingerprint density at radius 1 is 1.20 bits per heavy atom. The summed E-state index contributed by atoms with van der Waals surface area (Å²) in [5, 5.41) is 12.0. The highest BCUT2D eigenvalue weighted by Crippen LogP contribution is 2.34. The van der Waals surface area contributed by atoms with Gasteiger partial charge in [0.15, 0.2) is 0 Å². The molecule has 0 bridgehead atoms. The lowest BCUT2D eigenvalue weighted by molar-refractivity contribution is -0.383. The van der Waals surface area contributed by atoms with Gasteiger partial charge in [-0.1, -0.05) is 31.5 Å². The van der Waals surface area contributed by atoms with Crippen LogP contribution in [0.15, 0.2) is 18.2 Å². The quantitative estimate of drug-likeness (QED) is 0.183. The van der Waals surface area contributed by atoms with Gasteiger partial charge in [0, 0.05) is 19.6 Å². The van der Waals surface area contributed by atoms with Gasteiger partial charge >= 0.3 is 23.8 Å². The van der Waals surface area contributed by atoms with E-state index < -0.39 is 22.2 Å². The second-order valence-corrected chi connectivity index (χ2v) is 10.4. The van der Waals surface area contributed by atoms with Gasteiger partial charge in [-0.2, -0.15) is 9.97 Å². The molecule has 1 aliphatic heterocycles. The van der Waals surface area contributed by atoms with Crippen molar-refractivity contribution < 1.29 is 28.7 Å². The lowest BCUT2D eigenvalue weighted by Crippen LogP contribution is -2.40. The Morgan fingerprint density at radius 2 is 1.95 bits per heavy atom. The molecule has 0 saturated carbocycles. The van der Waals surface area contributed by atoms with E-state index in [1.807, 2.05) is 45.9 Å². The lowest BCUT2D eigenvalue weighted by Gasteiger charge is -2.31. The number of hydrogen-bond acceptors (Lipinski definition) is 11. The number of hydrogen-bond donors (Lipinski definition) is 1. The maximum absolute atomic E-state index is 12.5. The summed E-state index contributed by atoms with van der Waals surface area (Å²) in [5.74, 6) is -1.07. The van der Waals surface area contributed by atoms with Gasteiger partial charge in [-0.05, 0) is 57.2 Å². The van der Waals surface area contributed by atoms with Gasteiger partial charge < -0.3 is 29.7 Å². The minimum atomic E-state index is -0.670. The number of esters is 1. The summed E-state index contributed by atoms with van der Waals surface area (Å²) >= 11 is 0. The zero-order valence-corrected chi connectivity index (χ0v) is 23.8. The fraction of sp³-hybridized carbons (Fsp3) is 0.556. The number of amides is 1. The van der Waals surface area contributed by atoms with Gasteiger partial charge in [0.05, 0.1) is 18.1 Å². The van der Waals surface area contributed by atoms with Crippen molar-refractivity contribution in [3.05, 3.63) is 45.0 Å². The summed E-state index contributed by atoms with van der Waals surface area (Å²) < 4.78 is 16.2. The first-order chi connectivity index (χ1) is 18.9. The molecular formula is C27H38N6O7. The predicted octanol–water partition coefficient (Wildman–Crippen LogP) is 4.01. The summed E-state index contributed by atoms with van der Waals surface area (Å²) in [4.78, 5) is 47.7. The molecule has 2 N–H and O–H groups in total. The van der Waals surface area contributed by atoms with Crippen LogP contribution in [0, 0.1) is 10.1 Å². The smallest absolute Gasteiger partial charge is 0.410 e. The minimum Gasteiger partial charge on any atom is -0.465 e. The van der Waals surface area contributed by atoms with Crippen LogP contribution < -0.4 is 15.4 Å².